The van der Waals surface area contributed by atoms with Crippen LogP contribution in [-0.4, -0.2) is 0 Å². The summed E-state index contributed by atoms with van der Waals surface area (Å²) in [5.74, 6) is 0. The van der Waals surface area contributed by atoms with E-state index in [0.717, 1.165) is 20.7 Å². The van der Waals surface area contributed by atoms with Crippen LogP contribution in [0.15, 0.2) is 46.9 Å². The first-order valence-corrected chi connectivity index (χ1v) is 6.99. The SMILES string of the molecule is CC(Nc1ccc(C#N)cc1Br)c1ccccc1Cl. The Hall–Kier alpha value is -1.50. The van der Waals surface area contributed by atoms with Crippen molar-refractivity contribution in [3.05, 3.63) is 63.1 Å². The standard InChI is InChI=1S/C15H12BrClN2/c1-10(12-4-2-3-5-14(12)17)19-15-7-6-11(9-18)8-13(15)16/h2-8,10,19H,1H3. The van der Waals surface area contributed by atoms with Crippen molar-refractivity contribution in [1.29, 1.82) is 5.26 Å². The fraction of sp³-hybridized carbons (Fsp3) is 0.133. The van der Waals surface area contributed by atoms with E-state index in [1.807, 2.05) is 37.3 Å². The van der Waals surface area contributed by atoms with E-state index in [-0.39, 0.29) is 6.04 Å². The first-order chi connectivity index (χ1) is 9.11. The normalized spacial score (nSPS) is 11.7. The first-order valence-electron chi connectivity index (χ1n) is 5.82. The van der Waals surface area contributed by atoms with Crippen LogP contribution in [-0.2, 0) is 0 Å². The molecule has 2 aromatic carbocycles. The Bertz CT molecular complexity index is 634. The molecule has 0 saturated heterocycles. The largest absolute Gasteiger partial charge is 0.378 e. The van der Waals surface area contributed by atoms with Gasteiger partial charge < -0.3 is 5.32 Å². The molecule has 0 aliphatic heterocycles. The second kappa shape index (κ2) is 6.10. The fourth-order valence-corrected chi connectivity index (χ4v) is 2.63. The number of hydrogen-bond donors (Lipinski definition) is 1. The predicted octanol–water partition coefficient (Wildman–Crippen LogP) is 5.15. The Morgan fingerprint density at radius 3 is 2.63 bits per heavy atom. The molecule has 19 heavy (non-hydrogen) atoms. The number of benzene rings is 2. The van der Waals surface area contributed by atoms with E-state index in [9.17, 15) is 0 Å². The minimum absolute atomic E-state index is 0.0814. The van der Waals surface area contributed by atoms with Crippen LogP contribution >= 0.6 is 27.5 Å². The summed E-state index contributed by atoms with van der Waals surface area (Å²) >= 11 is 9.64. The van der Waals surface area contributed by atoms with Gasteiger partial charge in [-0.15, -0.1) is 0 Å². The summed E-state index contributed by atoms with van der Waals surface area (Å²) in [6, 6.07) is 15.4. The quantitative estimate of drug-likeness (QED) is 0.842. The molecule has 0 aliphatic carbocycles. The van der Waals surface area contributed by atoms with Crippen LogP contribution in [0, 0.1) is 11.3 Å². The molecule has 0 bridgehead atoms. The number of anilines is 1. The second-order valence-electron chi connectivity index (χ2n) is 4.19. The maximum atomic E-state index is 8.84. The van der Waals surface area contributed by atoms with Crippen molar-refractivity contribution in [1.82, 2.24) is 0 Å². The molecule has 0 fully saturated rings. The van der Waals surface area contributed by atoms with Crippen LogP contribution in [0.1, 0.15) is 24.1 Å². The van der Waals surface area contributed by atoms with Crippen molar-refractivity contribution in [3.63, 3.8) is 0 Å². The van der Waals surface area contributed by atoms with Gasteiger partial charge in [0.05, 0.1) is 17.7 Å². The molecule has 2 rings (SSSR count). The van der Waals surface area contributed by atoms with Gasteiger partial charge in [-0.3, -0.25) is 0 Å². The lowest BCUT2D eigenvalue weighted by atomic mass is 10.1. The average molecular weight is 336 g/mol. The molecule has 96 valence electrons. The summed E-state index contributed by atoms with van der Waals surface area (Å²) in [7, 11) is 0. The van der Waals surface area contributed by atoms with Crippen LogP contribution in [0.3, 0.4) is 0 Å². The maximum absolute atomic E-state index is 8.84. The molecule has 2 nitrogen and oxygen atoms in total. The molecule has 0 aromatic heterocycles. The number of hydrogen-bond acceptors (Lipinski definition) is 2. The van der Waals surface area contributed by atoms with Crippen LogP contribution in [0.4, 0.5) is 5.69 Å². The molecule has 0 aliphatic rings. The number of halogens is 2. The Kier molecular flexibility index (Phi) is 4.47. The van der Waals surface area contributed by atoms with Crippen LogP contribution in [0.2, 0.25) is 5.02 Å². The highest BCUT2D eigenvalue weighted by Crippen LogP contribution is 2.29. The molecule has 0 radical (unpaired) electrons. The molecular formula is C15H12BrClN2. The van der Waals surface area contributed by atoms with Gasteiger partial charge in [-0.2, -0.15) is 5.26 Å². The zero-order valence-electron chi connectivity index (χ0n) is 10.3. The van der Waals surface area contributed by atoms with Gasteiger partial charge in [0.2, 0.25) is 0 Å². The smallest absolute Gasteiger partial charge is 0.0992 e. The van der Waals surface area contributed by atoms with Crippen LogP contribution in [0.25, 0.3) is 0 Å². The van der Waals surface area contributed by atoms with Gasteiger partial charge in [0.15, 0.2) is 0 Å². The highest BCUT2D eigenvalue weighted by Gasteiger charge is 2.10. The van der Waals surface area contributed by atoms with Crippen molar-refractivity contribution in [2.75, 3.05) is 5.32 Å². The van der Waals surface area contributed by atoms with E-state index in [0.29, 0.717) is 5.56 Å². The number of nitrogens with zero attached hydrogens (tertiary/aromatic N) is 1. The minimum atomic E-state index is 0.0814. The summed E-state index contributed by atoms with van der Waals surface area (Å²) in [6.07, 6.45) is 0. The summed E-state index contributed by atoms with van der Waals surface area (Å²) < 4.78 is 0.866. The molecule has 4 heteroatoms. The molecule has 1 N–H and O–H groups in total. The van der Waals surface area contributed by atoms with E-state index >= 15 is 0 Å². The Balaban J connectivity index is 2.22. The number of nitriles is 1. The van der Waals surface area contributed by atoms with Gasteiger partial charge in [0.1, 0.15) is 0 Å². The third kappa shape index (κ3) is 3.28. The topological polar surface area (TPSA) is 35.8 Å². The predicted molar refractivity (Wildman–Crippen MR) is 82.3 cm³/mol. The molecule has 1 unspecified atom stereocenters. The minimum Gasteiger partial charge on any atom is -0.378 e. The highest BCUT2D eigenvalue weighted by atomic mass is 79.9. The monoisotopic (exact) mass is 334 g/mol. The lowest BCUT2D eigenvalue weighted by molar-refractivity contribution is 0.884. The Morgan fingerprint density at radius 1 is 1.26 bits per heavy atom. The lowest BCUT2D eigenvalue weighted by Crippen LogP contribution is -2.07. The van der Waals surface area contributed by atoms with Gasteiger partial charge in [-0.25, -0.2) is 0 Å². The molecule has 0 heterocycles. The van der Waals surface area contributed by atoms with E-state index in [1.165, 1.54) is 0 Å². The molecule has 2 aromatic rings. The molecule has 1 atom stereocenters. The molecule has 0 amide bonds. The Labute approximate surface area is 126 Å². The third-order valence-electron chi connectivity index (χ3n) is 2.84. The number of nitrogens with one attached hydrogen (secondary N) is 1. The van der Waals surface area contributed by atoms with Gasteiger partial charge in [-0.1, -0.05) is 29.8 Å². The summed E-state index contributed by atoms with van der Waals surface area (Å²) in [6.45, 7) is 2.05. The van der Waals surface area contributed by atoms with Crippen molar-refractivity contribution in [2.24, 2.45) is 0 Å². The van der Waals surface area contributed by atoms with Crippen molar-refractivity contribution < 1.29 is 0 Å². The lowest BCUT2D eigenvalue weighted by Gasteiger charge is -2.18. The highest BCUT2D eigenvalue weighted by molar-refractivity contribution is 9.10. The van der Waals surface area contributed by atoms with Crippen LogP contribution in [0.5, 0.6) is 0 Å². The van der Waals surface area contributed by atoms with E-state index in [2.05, 4.69) is 27.3 Å². The van der Waals surface area contributed by atoms with Gasteiger partial charge in [-0.05, 0) is 52.7 Å². The fourth-order valence-electron chi connectivity index (χ4n) is 1.84. The second-order valence-corrected chi connectivity index (χ2v) is 5.46. The molecule has 0 spiro atoms. The van der Waals surface area contributed by atoms with E-state index in [1.54, 1.807) is 12.1 Å². The van der Waals surface area contributed by atoms with E-state index in [4.69, 9.17) is 16.9 Å². The molecular weight excluding hydrogens is 324 g/mol. The number of rotatable bonds is 3. The maximum Gasteiger partial charge on any atom is 0.0992 e. The van der Waals surface area contributed by atoms with Crippen LogP contribution < -0.4 is 5.32 Å². The van der Waals surface area contributed by atoms with Crippen molar-refractivity contribution >= 4 is 33.2 Å². The summed E-state index contributed by atoms with van der Waals surface area (Å²) in [5, 5.41) is 13.0. The Morgan fingerprint density at radius 2 is 2.00 bits per heavy atom. The third-order valence-corrected chi connectivity index (χ3v) is 3.84. The van der Waals surface area contributed by atoms with Crippen molar-refractivity contribution in [2.45, 2.75) is 13.0 Å². The van der Waals surface area contributed by atoms with E-state index < -0.39 is 0 Å². The zero-order chi connectivity index (χ0) is 13.8. The molecule has 0 saturated carbocycles. The summed E-state index contributed by atoms with van der Waals surface area (Å²) in [4.78, 5) is 0. The van der Waals surface area contributed by atoms with Gasteiger partial charge >= 0.3 is 0 Å². The van der Waals surface area contributed by atoms with Gasteiger partial charge in [0.25, 0.3) is 0 Å². The van der Waals surface area contributed by atoms with Crippen molar-refractivity contribution in [3.8, 4) is 6.07 Å². The summed E-state index contributed by atoms with van der Waals surface area (Å²) in [5.41, 5.74) is 2.61. The zero-order valence-corrected chi connectivity index (χ0v) is 12.7. The average Bonchev–Trinajstić information content (AvgIpc) is 2.41. The first kappa shape index (κ1) is 13.9. The van der Waals surface area contributed by atoms with Gasteiger partial charge in [0, 0.05) is 15.2 Å².